The maximum atomic E-state index is 9.11. The van der Waals surface area contributed by atoms with Gasteiger partial charge in [-0.1, -0.05) is 11.6 Å². The second-order valence-electron chi connectivity index (χ2n) is 3.29. The minimum atomic E-state index is -0.177. The van der Waals surface area contributed by atoms with Gasteiger partial charge in [-0.3, -0.25) is 0 Å². The average molecular weight is 279 g/mol. The van der Waals surface area contributed by atoms with Crippen molar-refractivity contribution in [3.8, 4) is 0 Å². The van der Waals surface area contributed by atoms with Crippen LogP contribution in [0, 0.1) is 0 Å². The zero-order valence-corrected chi connectivity index (χ0v) is 9.59. The molecular formula is C8H9BrClN3O. The molecule has 1 saturated carbocycles. The third-order valence-corrected chi connectivity index (χ3v) is 3.47. The number of aromatic nitrogens is 2. The van der Waals surface area contributed by atoms with Crippen LogP contribution in [0.2, 0.25) is 5.15 Å². The molecule has 6 heteroatoms. The van der Waals surface area contributed by atoms with Crippen LogP contribution < -0.4 is 5.32 Å². The number of aliphatic hydroxyl groups excluding tert-OH is 1. The summed E-state index contributed by atoms with van der Waals surface area (Å²) in [7, 11) is 0. The third kappa shape index (κ3) is 1.99. The topological polar surface area (TPSA) is 58.0 Å². The van der Waals surface area contributed by atoms with E-state index < -0.39 is 0 Å². The quantitative estimate of drug-likeness (QED) is 0.810. The van der Waals surface area contributed by atoms with Crippen molar-refractivity contribution < 1.29 is 5.11 Å². The molecule has 4 nitrogen and oxygen atoms in total. The maximum Gasteiger partial charge on any atom is 0.148 e. The van der Waals surface area contributed by atoms with Gasteiger partial charge in [-0.25, -0.2) is 9.97 Å². The van der Waals surface area contributed by atoms with Gasteiger partial charge < -0.3 is 10.4 Å². The van der Waals surface area contributed by atoms with E-state index >= 15 is 0 Å². The van der Waals surface area contributed by atoms with Crippen molar-refractivity contribution in [1.82, 2.24) is 9.97 Å². The molecule has 1 heterocycles. The summed E-state index contributed by atoms with van der Waals surface area (Å²) in [6, 6.07) is 0.285. The molecular weight excluding hydrogens is 269 g/mol. The summed E-state index contributed by atoms with van der Waals surface area (Å²) < 4.78 is 0.669. The van der Waals surface area contributed by atoms with Crippen LogP contribution in [0.1, 0.15) is 12.8 Å². The zero-order chi connectivity index (χ0) is 10.1. The van der Waals surface area contributed by atoms with Crippen LogP contribution >= 0.6 is 27.5 Å². The SMILES string of the molecule is OC1CC(Nc2ncnc(Cl)c2Br)C1. The molecule has 2 N–H and O–H groups in total. The van der Waals surface area contributed by atoms with Crippen molar-refractivity contribution in [2.75, 3.05) is 5.32 Å². The Kier molecular flexibility index (Phi) is 2.90. The molecule has 0 amide bonds. The Hall–Kier alpha value is -0.390. The fourth-order valence-electron chi connectivity index (χ4n) is 1.35. The van der Waals surface area contributed by atoms with Gasteiger partial charge in [-0.15, -0.1) is 0 Å². The second-order valence-corrected chi connectivity index (χ2v) is 4.44. The molecule has 1 aliphatic rings. The van der Waals surface area contributed by atoms with E-state index in [9.17, 15) is 0 Å². The maximum absolute atomic E-state index is 9.11. The smallest absolute Gasteiger partial charge is 0.148 e. The first-order chi connectivity index (χ1) is 6.66. The molecule has 1 aromatic rings. The van der Waals surface area contributed by atoms with E-state index in [1.54, 1.807) is 0 Å². The summed E-state index contributed by atoms with van der Waals surface area (Å²) >= 11 is 9.09. The number of hydrogen-bond acceptors (Lipinski definition) is 4. The van der Waals surface area contributed by atoms with Gasteiger partial charge in [0.05, 0.1) is 10.6 Å². The first-order valence-corrected chi connectivity index (χ1v) is 5.44. The van der Waals surface area contributed by atoms with Gasteiger partial charge in [0.15, 0.2) is 0 Å². The molecule has 2 rings (SSSR count). The summed E-state index contributed by atoms with van der Waals surface area (Å²) in [5.41, 5.74) is 0. The fraction of sp³-hybridized carbons (Fsp3) is 0.500. The van der Waals surface area contributed by atoms with Gasteiger partial charge in [-0.2, -0.15) is 0 Å². The standard InChI is InChI=1S/C8H9BrClN3O/c9-6-7(10)11-3-12-8(6)13-4-1-5(14)2-4/h3-5,14H,1-2H2,(H,11,12,13). The average Bonchev–Trinajstić information content (AvgIpc) is 2.10. The van der Waals surface area contributed by atoms with Crippen LogP contribution in [0.5, 0.6) is 0 Å². The minimum absolute atomic E-state index is 0.177. The van der Waals surface area contributed by atoms with E-state index in [0.717, 1.165) is 12.8 Å². The van der Waals surface area contributed by atoms with Crippen molar-refractivity contribution in [3.05, 3.63) is 16.0 Å². The van der Waals surface area contributed by atoms with E-state index in [1.165, 1.54) is 6.33 Å². The Labute approximate surface area is 94.8 Å². The highest BCUT2D eigenvalue weighted by Crippen LogP contribution is 2.30. The van der Waals surface area contributed by atoms with Crippen LogP contribution in [0.15, 0.2) is 10.8 Å². The highest BCUT2D eigenvalue weighted by atomic mass is 79.9. The molecule has 0 unspecified atom stereocenters. The molecule has 0 atom stereocenters. The monoisotopic (exact) mass is 277 g/mol. The summed E-state index contributed by atoms with van der Waals surface area (Å²) in [5.74, 6) is 0.682. The lowest BCUT2D eigenvalue weighted by Crippen LogP contribution is -2.39. The van der Waals surface area contributed by atoms with Gasteiger partial charge in [0.1, 0.15) is 17.3 Å². The zero-order valence-electron chi connectivity index (χ0n) is 7.24. The van der Waals surface area contributed by atoms with Crippen molar-refractivity contribution in [2.24, 2.45) is 0 Å². The fourth-order valence-corrected chi connectivity index (χ4v) is 1.80. The van der Waals surface area contributed by atoms with E-state index in [4.69, 9.17) is 16.7 Å². The molecule has 0 radical (unpaired) electrons. The summed E-state index contributed by atoms with van der Waals surface area (Å²) in [6.07, 6.45) is 2.75. The van der Waals surface area contributed by atoms with Crippen LogP contribution in [0.4, 0.5) is 5.82 Å². The minimum Gasteiger partial charge on any atom is -0.393 e. The number of anilines is 1. The van der Waals surface area contributed by atoms with Crippen molar-refractivity contribution in [1.29, 1.82) is 0 Å². The van der Waals surface area contributed by atoms with Gasteiger partial charge >= 0.3 is 0 Å². The van der Waals surface area contributed by atoms with Crippen LogP contribution in [0.3, 0.4) is 0 Å². The number of aliphatic hydroxyl groups is 1. The van der Waals surface area contributed by atoms with Crippen molar-refractivity contribution in [3.63, 3.8) is 0 Å². The van der Waals surface area contributed by atoms with Crippen molar-refractivity contribution >= 4 is 33.3 Å². The Bertz CT molecular complexity index is 343. The highest BCUT2D eigenvalue weighted by Gasteiger charge is 2.27. The van der Waals surface area contributed by atoms with E-state index in [2.05, 4.69) is 31.2 Å². The van der Waals surface area contributed by atoms with Crippen molar-refractivity contribution in [2.45, 2.75) is 25.0 Å². The van der Waals surface area contributed by atoms with Crippen LogP contribution in [0.25, 0.3) is 0 Å². The molecule has 1 aliphatic carbocycles. The molecule has 76 valence electrons. The molecule has 1 fully saturated rings. The number of nitrogens with one attached hydrogen (secondary N) is 1. The first-order valence-electron chi connectivity index (χ1n) is 4.27. The second kappa shape index (κ2) is 4.00. The highest BCUT2D eigenvalue weighted by molar-refractivity contribution is 9.10. The number of hydrogen-bond donors (Lipinski definition) is 2. The molecule has 0 spiro atoms. The molecule has 0 saturated heterocycles. The summed E-state index contributed by atoms with van der Waals surface area (Å²) in [5, 5.41) is 12.7. The third-order valence-electron chi connectivity index (χ3n) is 2.20. The summed E-state index contributed by atoms with van der Waals surface area (Å²) in [4.78, 5) is 7.87. The largest absolute Gasteiger partial charge is 0.393 e. The number of halogens is 2. The molecule has 0 aliphatic heterocycles. The Morgan fingerprint density at radius 2 is 2.21 bits per heavy atom. The van der Waals surface area contributed by atoms with Gasteiger partial charge in [-0.05, 0) is 28.8 Å². The molecule has 0 bridgehead atoms. The summed E-state index contributed by atoms with van der Waals surface area (Å²) in [6.45, 7) is 0. The molecule has 0 aromatic carbocycles. The van der Waals surface area contributed by atoms with E-state index in [1.807, 2.05) is 0 Å². The first kappa shape index (κ1) is 10.1. The van der Waals surface area contributed by atoms with Gasteiger partial charge in [0, 0.05) is 6.04 Å². The molecule has 14 heavy (non-hydrogen) atoms. The molecule has 1 aromatic heterocycles. The van der Waals surface area contributed by atoms with Gasteiger partial charge in [0.25, 0.3) is 0 Å². The predicted molar refractivity (Wildman–Crippen MR) is 57.4 cm³/mol. The predicted octanol–water partition coefficient (Wildman–Crippen LogP) is 1.83. The van der Waals surface area contributed by atoms with E-state index in [-0.39, 0.29) is 12.1 Å². The van der Waals surface area contributed by atoms with E-state index in [0.29, 0.717) is 15.4 Å². The number of nitrogens with zero attached hydrogens (tertiary/aromatic N) is 2. The lowest BCUT2D eigenvalue weighted by molar-refractivity contribution is 0.0835. The van der Waals surface area contributed by atoms with Gasteiger partial charge in [0.2, 0.25) is 0 Å². The Balaban J connectivity index is 2.06. The lowest BCUT2D eigenvalue weighted by Gasteiger charge is -2.32. The van der Waals surface area contributed by atoms with Crippen LogP contribution in [-0.4, -0.2) is 27.2 Å². The van der Waals surface area contributed by atoms with Crippen LogP contribution in [-0.2, 0) is 0 Å². The number of rotatable bonds is 2. The lowest BCUT2D eigenvalue weighted by atomic mass is 9.89. The Morgan fingerprint density at radius 1 is 1.50 bits per heavy atom. The normalized spacial score (nSPS) is 25.6. The Morgan fingerprint density at radius 3 is 2.86 bits per heavy atom.